The lowest BCUT2D eigenvalue weighted by molar-refractivity contribution is 0.415. The van der Waals surface area contributed by atoms with Gasteiger partial charge < -0.3 is 9.63 Å². The van der Waals surface area contributed by atoms with Crippen LogP contribution in [0.5, 0.6) is 5.75 Å². The van der Waals surface area contributed by atoms with Crippen LogP contribution < -0.4 is 15.3 Å². The van der Waals surface area contributed by atoms with Crippen LogP contribution >= 0.6 is 8.15 Å². The maximum atomic E-state index is 10.2. The highest BCUT2D eigenvalue weighted by atomic mass is 31.1. The van der Waals surface area contributed by atoms with Crippen molar-refractivity contribution in [3.05, 3.63) is 54.6 Å². The normalized spacial score (nSPS) is 12.1. The van der Waals surface area contributed by atoms with Gasteiger partial charge in [-0.1, -0.05) is 30.3 Å². The van der Waals surface area contributed by atoms with Gasteiger partial charge in [-0.25, -0.2) is 0 Å². The molecule has 2 rings (SSSR count). The molecule has 1 atom stereocenters. The Morgan fingerprint density at radius 3 is 2.00 bits per heavy atom. The number of hydrogen-bond donors (Lipinski definition) is 1. The second kappa shape index (κ2) is 5.11. The Bertz CT molecular complexity index is 439. The van der Waals surface area contributed by atoms with Gasteiger partial charge in [0.05, 0.1) is 15.3 Å². The van der Waals surface area contributed by atoms with Crippen LogP contribution in [0, 0.1) is 0 Å². The van der Waals surface area contributed by atoms with Gasteiger partial charge in [0.1, 0.15) is 5.75 Å². The van der Waals surface area contributed by atoms with E-state index in [4.69, 9.17) is 4.74 Å². The Morgan fingerprint density at radius 1 is 0.875 bits per heavy atom. The van der Waals surface area contributed by atoms with Crippen molar-refractivity contribution in [2.45, 2.75) is 0 Å². The molecular weight excluding hydrogens is 219 g/mol. The lowest BCUT2D eigenvalue weighted by Crippen LogP contribution is -2.10. The monoisotopic (exact) mass is 232 g/mol. The van der Waals surface area contributed by atoms with Crippen LogP contribution in [0.25, 0.3) is 0 Å². The molecule has 82 valence electrons. The third kappa shape index (κ3) is 2.41. The Kier molecular flexibility index (Phi) is 3.55. The minimum Gasteiger partial charge on any atom is -0.497 e. The summed E-state index contributed by atoms with van der Waals surface area (Å²) in [5, 5.41) is 1.89. The maximum Gasteiger partial charge on any atom is 0.118 e. The molecule has 0 aliphatic heterocycles. The van der Waals surface area contributed by atoms with E-state index in [-0.39, 0.29) is 0 Å². The molecule has 2 aromatic carbocycles. The van der Waals surface area contributed by atoms with Crippen molar-refractivity contribution in [2.24, 2.45) is 0 Å². The number of rotatable bonds is 3. The standard InChI is InChI=1S/C13H13O2P/c1-15-11-7-9-13(10-8-11)16(14)12-5-3-2-4-6-12/h2-10,14H,1H3. The third-order valence-corrected chi connectivity index (χ3v) is 3.89. The molecule has 0 aliphatic rings. The molecule has 0 bridgehead atoms. The Hall–Kier alpha value is -1.37. The zero-order chi connectivity index (χ0) is 11.4. The fourth-order valence-corrected chi connectivity index (χ4v) is 2.63. The molecule has 0 amide bonds. The fourth-order valence-electron chi connectivity index (χ4n) is 1.44. The molecule has 0 spiro atoms. The number of methoxy groups -OCH3 is 1. The fraction of sp³-hybridized carbons (Fsp3) is 0.0769. The molecule has 2 aromatic rings. The Balaban J connectivity index is 2.24. The molecule has 0 saturated carbocycles. The predicted molar refractivity (Wildman–Crippen MR) is 67.8 cm³/mol. The minimum absolute atomic E-state index is 0.806. The minimum atomic E-state index is -1.24. The van der Waals surface area contributed by atoms with Crippen LogP contribution in [0.4, 0.5) is 0 Å². The van der Waals surface area contributed by atoms with Crippen LogP contribution in [0.2, 0.25) is 0 Å². The summed E-state index contributed by atoms with van der Waals surface area (Å²) in [5.41, 5.74) is 0. The van der Waals surface area contributed by atoms with E-state index in [9.17, 15) is 4.89 Å². The highest BCUT2D eigenvalue weighted by Crippen LogP contribution is 2.28. The largest absolute Gasteiger partial charge is 0.497 e. The van der Waals surface area contributed by atoms with Crippen molar-refractivity contribution >= 4 is 18.8 Å². The molecule has 0 aromatic heterocycles. The molecule has 0 fully saturated rings. The van der Waals surface area contributed by atoms with E-state index in [1.54, 1.807) is 7.11 Å². The van der Waals surface area contributed by atoms with E-state index in [0.29, 0.717) is 0 Å². The first kappa shape index (κ1) is 11.1. The maximum absolute atomic E-state index is 10.2. The van der Waals surface area contributed by atoms with Gasteiger partial charge in [-0.15, -0.1) is 0 Å². The summed E-state index contributed by atoms with van der Waals surface area (Å²) in [6, 6.07) is 17.2. The zero-order valence-electron chi connectivity index (χ0n) is 9.00. The first-order valence-electron chi connectivity index (χ1n) is 4.99. The van der Waals surface area contributed by atoms with Crippen LogP contribution in [-0.4, -0.2) is 12.0 Å². The van der Waals surface area contributed by atoms with E-state index >= 15 is 0 Å². The molecule has 2 nitrogen and oxygen atoms in total. The van der Waals surface area contributed by atoms with Crippen LogP contribution in [0.3, 0.4) is 0 Å². The summed E-state index contributed by atoms with van der Waals surface area (Å²) in [6.45, 7) is 0. The quantitative estimate of drug-likeness (QED) is 0.820. The predicted octanol–water partition coefficient (Wildman–Crippen LogP) is 2.04. The van der Waals surface area contributed by atoms with Gasteiger partial charge in [0.2, 0.25) is 0 Å². The van der Waals surface area contributed by atoms with Gasteiger partial charge in [-0.3, -0.25) is 0 Å². The van der Waals surface area contributed by atoms with Crippen molar-refractivity contribution in [3.8, 4) is 5.75 Å². The summed E-state index contributed by atoms with van der Waals surface area (Å²) in [5.74, 6) is 0.806. The molecule has 3 heteroatoms. The zero-order valence-corrected chi connectivity index (χ0v) is 9.89. The lowest BCUT2D eigenvalue weighted by Gasteiger charge is -2.11. The summed E-state index contributed by atoms with van der Waals surface area (Å²) in [7, 11) is 0.389. The third-order valence-electron chi connectivity index (χ3n) is 2.32. The second-order valence-electron chi connectivity index (χ2n) is 3.35. The van der Waals surface area contributed by atoms with Gasteiger partial charge in [0.15, 0.2) is 0 Å². The summed E-state index contributed by atoms with van der Waals surface area (Å²) in [4.78, 5) is 10.2. The molecule has 1 N–H and O–H groups in total. The van der Waals surface area contributed by atoms with Crippen molar-refractivity contribution in [3.63, 3.8) is 0 Å². The van der Waals surface area contributed by atoms with Crippen molar-refractivity contribution < 1.29 is 9.63 Å². The number of hydrogen-bond acceptors (Lipinski definition) is 2. The van der Waals surface area contributed by atoms with E-state index in [1.807, 2.05) is 54.6 Å². The Morgan fingerprint density at radius 2 is 1.44 bits per heavy atom. The molecule has 0 heterocycles. The average Bonchev–Trinajstić information content (AvgIpc) is 2.39. The van der Waals surface area contributed by atoms with Gasteiger partial charge in [-0.05, 0) is 24.3 Å². The molecule has 0 radical (unpaired) electrons. The van der Waals surface area contributed by atoms with Crippen LogP contribution in [-0.2, 0) is 0 Å². The summed E-state index contributed by atoms with van der Waals surface area (Å²) >= 11 is 0. The second-order valence-corrected chi connectivity index (χ2v) is 5.00. The van der Waals surface area contributed by atoms with Gasteiger partial charge >= 0.3 is 0 Å². The van der Waals surface area contributed by atoms with Gasteiger partial charge in [-0.2, -0.15) is 0 Å². The SMILES string of the molecule is COc1ccc(P(O)c2ccccc2)cc1. The van der Waals surface area contributed by atoms with E-state index in [2.05, 4.69) is 0 Å². The first-order chi connectivity index (χ1) is 7.81. The highest BCUT2D eigenvalue weighted by Gasteiger charge is 2.09. The number of ether oxygens (including phenoxy) is 1. The molecule has 1 unspecified atom stereocenters. The summed E-state index contributed by atoms with van der Waals surface area (Å²) < 4.78 is 5.08. The smallest absolute Gasteiger partial charge is 0.118 e. The van der Waals surface area contributed by atoms with Crippen LogP contribution in [0.15, 0.2) is 54.6 Å². The van der Waals surface area contributed by atoms with E-state index in [1.165, 1.54) is 0 Å². The lowest BCUT2D eigenvalue weighted by atomic mass is 10.3. The first-order valence-corrected chi connectivity index (χ1v) is 6.29. The van der Waals surface area contributed by atoms with E-state index in [0.717, 1.165) is 16.4 Å². The summed E-state index contributed by atoms with van der Waals surface area (Å²) in [6.07, 6.45) is 0. The highest BCUT2D eigenvalue weighted by molar-refractivity contribution is 7.67. The van der Waals surface area contributed by atoms with Gasteiger partial charge in [0.25, 0.3) is 0 Å². The van der Waals surface area contributed by atoms with E-state index < -0.39 is 8.15 Å². The molecular formula is C13H13O2P. The molecule has 0 saturated heterocycles. The molecule has 0 aliphatic carbocycles. The van der Waals surface area contributed by atoms with Crippen LogP contribution in [0.1, 0.15) is 0 Å². The molecule has 16 heavy (non-hydrogen) atoms. The number of benzene rings is 2. The average molecular weight is 232 g/mol. The Labute approximate surface area is 96.3 Å². The van der Waals surface area contributed by atoms with Crippen molar-refractivity contribution in [1.29, 1.82) is 0 Å². The van der Waals surface area contributed by atoms with Crippen molar-refractivity contribution in [1.82, 2.24) is 0 Å². The van der Waals surface area contributed by atoms with Crippen molar-refractivity contribution in [2.75, 3.05) is 7.11 Å². The topological polar surface area (TPSA) is 29.5 Å². The van der Waals surface area contributed by atoms with Gasteiger partial charge in [0, 0.05) is 10.6 Å².